The van der Waals surface area contributed by atoms with Crippen molar-refractivity contribution in [1.29, 1.82) is 0 Å². The lowest BCUT2D eigenvalue weighted by Gasteiger charge is -2.39. The molecule has 1 aliphatic carbocycles. The highest BCUT2D eigenvalue weighted by atomic mass is 16.7. The van der Waals surface area contributed by atoms with Crippen molar-refractivity contribution < 1.29 is 38.1 Å². The van der Waals surface area contributed by atoms with E-state index in [1.165, 1.54) is 7.11 Å². The number of ether oxygens (including phenoxy) is 5. The van der Waals surface area contributed by atoms with Crippen LogP contribution in [0.1, 0.15) is 6.92 Å². The Morgan fingerprint density at radius 1 is 1.30 bits per heavy atom. The number of methoxy groups -OCH3 is 1. The summed E-state index contributed by atoms with van der Waals surface area (Å²) in [7, 11) is 1.52. The number of ketones is 2. The zero-order valence-electron chi connectivity index (χ0n) is 16.6. The van der Waals surface area contributed by atoms with Gasteiger partial charge in [-0.1, -0.05) is 0 Å². The van der Waals surface area contributed by atoms with Gasteiger partial charge in [-0.15, -0.1) is 0 Å². The summed E-state index contributed by atoms with van der Waals surface area (Å²) in [5.41, 5.74) is 4.91. The number of nitrogens with two attached hydrogens (primary N) is 1. The topological polar surface area (TPSA) is 149 Å². The molecule has 3 unspecified atom stereocenters. The number of hydrogen-bond donors (Lipinski definition) is 2. The van der Waals surface area contributed by atoms with E-state index in [-0.39, 0.29) is 67.1 Å². The number of fused-ring (bicyclic) bond motifs is 4. The van der Waals surface area contributed by atoms with Crippen LogP contribution in [0, 0.1) is 5.92 Å². The lowest BCUT2D eigenvalue weighted by Crippen LogP contribution is -2.55. The van der Waals surface area contributed by atoms with Crippen LogP contribution in [0.15, 0.2) is 22.6 Å². The molecule has 3 fully saturated rings. The zero-order valence-corrected chi connectivity index (χ0v) is 16.6. The molecule has 0 aromatic carbocycles. The number of rotatable bonds is 5. The maximum absolute atomic E-state index is 13.6. The Morgan fingerprint density at radius 2 is 2.03 bits per heavy atom. The fourth-order valence-corrected chi connectivity index (χ4v) is 5.11. The molecule has 162 valence electrons. The summed E-state index contributed by atoms with van der Waals surface area (Å²) in [6.07, 6.45) is -1.47. The van der Waals surface area contributed by atoms with Gasteiger partial charge in [0, 0.05) is 30.8 Å². The largest absolute Gasteiger partial charge is 0.481 e. The third-order valence-electron chi connectivity index (χ3n) is 6.43. The van der Waals surface area contributed by atoms with Gasteiger partial charge in [0.25, 0.3) is 0 Å². The monoisotopic (exact) mass is 421 g/mol. The number of nitrogens with one attached hydrogen (secondary N) is 1. The van der Waals surface area contributed by atoms with Crippen LogP contribution < -0.4 is 11.1 Å². The molecular formula is C19H23N3O8. The first-order valence-electron chi connectivity index (χ1n) is 9.77. The summed E-state index contributed by atoms with van der Waals surface area (Å²) in [5, 5.41) is 3.31. The molecule has 5 rings (SSSR count). The van der Waals surface area contributed by atoms with Gasteiger partial charge < -0.3 is 39.6 Å². The molecule has 30 heavy (non-hydrogen) atoms. The number of nitrogens with zero attached hydrogens (tertiary/aromatic N) is 1. The van der Waals surface area contributed by atoms with Gasteiger partial charge in [0.1, 0.15) is 19.5 Å². The predicted octanol–water partition coefficient (Wildman–Crippen LogP) is -1.22. The minimum atomic E-state index is -1.01. The lowest BCUT2D eigenvalue weighted by molar-refractivity contribution is -0.160. The molecule has 1 amide bonds. The Bertz CT molecular complexity index is 892. The molecule has 5 aliphatic rings. The van der Waals surface area contributed by atoms with Gasteiger partial charge in [-0.3, -0.25) is 9.59 Å². The summed E-state index contributed by atoms with van der Waals surface area (Å²) in [5.74, 6) is -1.46. The Hall–Kier alpha value is -2.47. The lowest BCUT2D eigenvalue weighted by atomic mass is 9.83. The second-order valence-corrected chi connectivity index (χ2v) is 7.97. The van der Waals surface area contributed by atoms with Crippen LogP contribution in [0.4, 0.5) is 4.79 Å². The van der Waals surface area contributed by atoms with Crippen LogP contribution in [0.5, 0.6) is 0 Å². The van der Waals surface area contributed by atoms with E-state index in [0.717, 1.165) is 0 Å². The molecule has 4 heterocycles. The van der Waals surface area contributed by atoms with Crippen LogP contribution in [0.3, 0.4) is 0 Å². The average Bonchev–Trinajstić information content (AvgIpc) is 3.35. The van der Waals surface area contributed by atoms with Gasteiger partial charge in [0.15, 0.2) is 11.5 Å². The molecule has 4 atom stereocenters. The van der Waals surface area contributed by atoms with E-state index >= 15 is 0 Å². The van der Waals surface area contributed by atoms with E-state index in [1.54, 1.807) is 6.92 Å². The van der Waals surface area contributed by atoms with Crippen molar-refractivity contribution in [3.8, 4) is 0 Å². The first-order chi connectivity index (χ1) is 14.4. The molecular weight excluding hydrogens is 398 g/mol. The predicted molar refractivity (Wildman–Crippen MR) is 97.6 cm³/mol. The fraction of sp³-hybridized carbons (Fsp3) is 0.632. The number of Topliss-reactive ketones (excluding diaryl/α,β-unsaturated/α-hetero) is 2. The number of hydrogen-bond acceptors (Lipinski definition) is 10. The van der Waals surface area contributed by atoms with E-state index in [4.69, 9.17) is 29.4 Å². The molecule has 11 heteroatoms. The Labute approximate surface area is 172 Å². The molecule has 3 N–H and O–H groups in total. The molecule has 4 aliphatic heterocycles. The summed E-state index contributed by atoms with van der Waals surface area (Å²) in [6, 6.07) is 0.0384. The molecule has 0 bridgehead atoms. The van der Waals surface area contributed by atoms with Gasteiger partial charge in [-0.05, 0) is 6.92 Å². The van der Waals surface area contributed by atoms with Gasteiger partial charge in [-0.25, -0.2) is 4.79 Å². The average molecular weight is 421 g/mol. The summed E-state index contributed by atoms with van der Waals surface area (Å²) >= 11 is 0. The number of piperazine rings is 1. The second kappa shape index (κ2) is 6.77. The zero-order chi connectivity index (χ0) is 21.2. The summed E-state index contributed by atoms with van der Waals surface area (Å²) in [4.78, 5) is 40.1. The van der Waals surface area contributed by atoms with E-state index in [9.17, 15) is 14.4 Å². The maximum atomic E-state index is 13.6. The normalized spacial score (nSPS) is 35.4. The Balaban J connectivity index is 1.53. The number of carbonyl (C=O) groups excluding carboxylic acids is 3. The van der Waals surface area contributed by atoms with Crippen molar-refractivity contribution in [3.63, 3.8) is 0 Å². The van der Waals surface area contributed by atoms with Gasteiger partial charge in [0.2, 0.25) is 11.6 Å². The van der Waals surface area contributed by atoms with Gasteiger partial charge >= 0.3 is 6.09 Å². The Morgan fingerprint density at radius 3 is 2.70 bits per heavy atom. The van der Waals surface area contributed by atoms with Crippen molar-refractivity contribution in [3.05, 3.63) is 22.6 Å². The first kappa shape index (κ1) is 19.5. The van der Waals surface area contributed by atoms with Crippen molar-refractivity contribution in [2.24, 2.45) is 11.7 Å². The third-order valence-corrected chi connectivity index (χ3v) is 6.43. The molecule has 11 nitrogen and oxygen atoms in total. The molecule has 0 spiro atoms. The van der Waals surface area contributed by atoms with Crippen LogP contribution in [0.2, 0.25) is 0 Å². The smallest absolute Gasteiger partial charge is 0.404 e. The Kier molecular flexibility index (Phi) is 4.40. The minimum absolute atomic E-state index is 0.0327. The van der Waals surface area contributed by atoms with E-state index in [1.807, 2.05) is 4.90 Å². The maximum Gasteiger partial charge on any atom is 0.404 e. The number of carbonyl (C=O) groups is 3. The van der Waals surface area contributed by atoms with Crippen LogP contribution >= 0.6 is 0 Å². The molecule has 0 aromatic rings. The first-order valence-corrected chi connectivity index (χ1v) is 9.77. The highest BCUT2D eigenvalue weighted by Gasteiger charge is 2.72. The van der Waals surface area contributed by atoms with Crippen molar-refractivity contribution in [2.45, 2.75) is 30.8 Å². The summed E-state index contributed by atoms with van der Waals surface area (Å²) < 4.78 is 27.3. The number of allylic oxidation sites excluding steroid dienone is 2. The van der Waals surface area contributed by atoms with Crippen molar-refractivity contribution in [1.82, 2.24) is 10.2 Å². The SMILES string of the molecule is CO[C@@]12C(COC(N)=O)C3=C(C(=O)C(C)=C(OC4COCOC4)C3=O)N1CC1NC12. The van der Waals surface area contributed by atoms with Gasteiger partial charge in [-0.2, -0.15) is 0 Å². The van der Waals surface area contributed by atoms with Crippen molar-refractivity contribution in [2.75, 3.05) is 40.3 Å². The molecule has 0 radical (unpaired) electrons. The standard InChI is InChI=1S/C19H23N3O8/c1-8-14(23)13-12(15(24)16(8)30-9-4-27-7-28-5-9)10(6-29-18(20)25)19(26-2)17-11(21-17)3-22(13)19/h9-11,17,21H,3-7H2,1-2H3,(H2,20,25)/t10?,11?,17?,19-/m1/s1. The quantitative estimate of drug-likeness (QED) is 0.409. The minimum Gasteiger partial charge on any atom is -0.481 e. The highest BCUT2D eigenvalue weighted by Crippen LogP contribution is 2.55. The van der Waals surface area contributed by atoms with Crippen LogP contribution in [0.25, 0.3) is 0 Å². The van der Waals surface area contributed by atoms with Crippen molar-refractivity contribution >= 4 is 17.7 Å². The molecule has 3 saturated heterocycles. The van der Waals surface area contributed by atoms with E-state index in [0.29, 0.717) is 6.54 Å². The van der Waals surface area contributed by atoms with Crippen LogP contribution in [-0.4, -0.2) is 86.7 Å². The van der Waals surface area contributed by atoms with E-state index in [2.05, 4.69) is 5.32 Å². The highest BCUT2D eigenvalue weighted by molar-refractivity contribution is 6.25. The van der Waals surface area contributed by atoms with Gasteiger partial charge in [0.05, 0.1) is 30.9 Å². The number of amides is 1. The second-order valence-electron chi connectivity index (χ2n) is 7.97. The third kappa shape index (κ3) is 2.56. The fourth-order valence-electron chi connectivity index (χ4n) is 5.11. The molecule has 0 saturated carbocycles. The molecule has 0 aromatic heterocycles. The summed E-state index contributed by atoms with van der Waals surface area (Å²) in [6.45, 7) is 2.55. The number of primary amides is 1. The van der Waals surface area contributed by atoms with Crippen LogP contribution in [-0.2, 0) is 33.3 Å². The van der Waals surface area contributed by atoms with E-state index < -0.39 is 29.6 Å².